The normalized spacial score (nSPS) is 10.7. The maximum Gasteiger partial charge on any atom is 0.224 e. The molecule has 0 bridgehead atoms. The first-order valence-electron chi connectivity index (χ1n) is 7.29. The average molecular weight is 311 g/mol. The number of aryl methyl sites for hydroxylation is 2. The van der Waals surface area contributed by atoms with E-state index in [4.69, 9.17) is 8.94 Å². The molecule has 6 heteroatoms. The van der Waals surface area contributed by atoms with E-state index in [2.05, 4.69) is 15.5 Å². The Labute approximate surface area is 133 Å². The molecule has 0 aliphatic heterocycles. The van der Waals surface area contributed by atoms with Crippen LogP contribution in [-0.2, 0) is 17.8 Å². The van der Waals surface area contributed by atoms with Gasteiger partial charge in [0, 0.05) is 30.1 Å². The zero-order valence-electron chi connectivity index (χ0n) is 13.0. The number of nitrogens with one attached hydrogen (secondary N) is 1. The molecule has 0 aliphatic rings. The minimum absolute atomic E-state index is 0.0807. The van der Waals surface area contributed by atoms with E-state index in [0.717, 1.165) is 28.1 Å². The summed E-state index contributed by atoms with van der Waals surface area (Å²) in [6.07, 6.45) is 5.33. The maximum absolute atomic E-state index is 12.1. The first kappa shape index (κ1) is 15.0. The Hall–Kier alpha value is -2.89. The van der Waals surface area contributed by atoms with E-state index >= 15 is 0 Å². The molecule has 0 aliphatic carbocycles. The van der Waals surface area contributed by atoms with E-state index in [9.17, 15) is 4.79 Å². The lowest BCUT2D eigenvalue weighted by molar-refractivity contribution is -0.120. The van der Waals surface area contributed by atoms with Gasteiger partial charge in [0.25, 0.3) is 0 Å². The molecular weight excluding hydrogens is 294 g/mol. The highest BCUT2D eigenvalue weighted by molar-refractivity contribution is 5.79. The number of rotatable bonds is 5. The fourth-order valence-corrected chi connectivity index (χ4v) is 2.34. The number of nitrogens with zero attached hydrogens (tertiary/aromatic N) is 2. The molecule has 3 rings (SSSR count). The molecule has 0 atom stereocenters. The van der Waals surface area contributed by atoms with Crippen molar-refractivity contribution in [2.24, 2.45) is 0 Å². The number of carbonyl (C=O) groups is 1. The van der Waals surface area contributed by atoms with Crippen molar-refractivity contribution in [2.45, 2.75) is 26.8 Å². The smallest absolute Gasteiger partial charge is 0.224 e. The number of amides is 1. The van der Waals surface area contributed by atoms with Crippen molar-refractivity contribution in [1.29, 1.82) is 0 Å². The van der Waals surface area contributed by atoms with Crippen molar-refractivity contribution < 1.29 is 13.7 Å². The van der Waals surface area contributed by atoms with Crippen molar-refractivity contribution in [1.82, 2.24) is 15.5 Å². The summed E-state index contributed by atoms with van der Waals surface area (Å²) < 4.78 is 10.4. The number of hydrogen-bond acceptors (Lipinski definition) is 5. The van der Waals surface area contributed by atoms with Crippen LogP contribution in [0.15, 0.2) is 45.8 Å². The molecule has 3 heterocycles. The molecule has 0 fully saturated rings. The highest BCUT2D eigenvalue weighted by Crippen LogP contribution is 2.19. The fourth-order valence-electron chi connectivity index (χ4n) is 2.34. The van der Waals surface area contributed by atoms with Gasteiger partial charge in [0.15, 0.2) is 0 Å². The van der Waals surface area contributed by atoms with E-state index in [-0.39, 0.29) is 12.3 Å². The highest BCUT2D eigenvalue weighted by atomic mass is 16.5. The van der Waals surface area contributed by atoms with Crippen LogP contribution in [0.3, 0.4) is 0 Å². The molecule has 3 aromatic heterocycles. The zero-order valence-corrected chi connectivity index (χ0v) is 13.0. The first-order valence-corrected chi connectivity index (χ1v) is 7.29. The quantitative estimate of drug-likeness (QED) is 0.783. The summed E-state index contributed by atoms with van der Waals surface area (Å²) in [7, 11) is 0. The first-order chi connectivity index (χ1) is 11.1. The molecule has 118 valence electrons. The van der Waals surface area contributed by atoms with Crippen LogP contribution in [0.4, 0.5) is 0 Å². The predicted molar refractivity (Wildman–Crippen MR) is 83.5 cm³/mol. The molecule has 0 unspecified atom stereocenters. The Balaban J connectivity index is 1.62. The lowest BCUT2D eigenvalue weighted by Gasteiger charge is -2.06. The molecule has 0 radical (unpaired) electrons. The van der Waals surface area contributed by atoms with Crippen LogP contribution in [0.5, 0.6) is 0 Å². The second-order valence-corrected chi connectivity index (χ2v) is 5.32. The van der Waals surface area contributed by atoms with Crippen LogP contribution in [0.25, 0.3) is 11.3 Å². The lowest BCUT2D eigenvalue weighted by Crippen LogP contribution is -2.25. The summed E-state index contributed by atoms with van der Waals surface area (Å²) in [5, 5.41) is 6.74. The molecular formula is C17H17N3O3. The monoisotopic (exact) mass is 311 g/mol. The van der Waals surface area contributed by atoms with Crippen molar-refractivity contribution in [3.8, 4) is 11.3 Å². The molecule has 0 saturated heterocycles. The standard InChI is InChI=1S/C17H17N3O3/c1-11-15(12(2)23-20-11)7-17(21)19-9-13-6-14(10-18-8-13)16-4-3-5-22-16/h3-6,8,10H,7,9H2,1-2H3,(H,19,21). The molecule has 0 aromatic carbocycles. The van der Waals surface area contributed by atoms with Crippen molar-refractivity contribution in [3.63, 3.8) is 0 Å². The Bertz CT molecular complexity index is 787. The van der Waals surface area contributed by atoms with Crippen molar-refractivity contribution >= 4 is 5.91 Å². The Kier molecular flexibility index (Phi) is 4.23. The van der Waals surface area contributed by atoms with Crippen LogP contribution in [0.2, 0.25) is 0 Å². The van der Waals surface area contributed by atoms with Crippen LogP contribution in [0.1, 0.15) is 22.6 Å². The van der Waals surface area contributed by atoms with E-state index in [1.165, 1.54) is 0 Å². The summed E-state index contributed by atoms with van der Waals surface area (Å²) in [5.74, 6) is 1.35. The molecule has 6 nitrogen and oxygen atoms in total. The number of aromatic nitrogens is 2. The predicted octanol–water partition coefficient (Wildman–Crippen LogP) is 2.81. The largest absolute Gasteiger partial charge is 0.464 e. The topological polar surface area (TPSA) is 81.2 Å². The van der Waals surface area contributed by atoms with E-state index < -0.39 is 0 Å². The Morgan fingerprint density at radius 3 is 2.87 bits per heavy atom. The second-order valence-electron chi connectivity index (χ2n) is 5.32. The molecule has 1 N–H and O–H groups in total. The van der Waals surface area contributed by atoms with Crippen molar-refractivity contribution in [3.05, 3.63) is 59.4 Å². The average Bonchev–Trinajstić information content (AvgIpc) is 3.19. The van der Waals surface area contributed by atoms with Gasteiger partial charge in [-0.3, -0.25) is 9.78 Å². The van der Waals surface area contributed by atoms with Crippen LogP contribution in [-0.4, -0.2) is 16.0 Å². The van der Waals surface area contributed by atoms with Gasteiger partial charge in [-0.05, 0) is 37.6 Å². The minimum atomic E-state index is -0.0807. The van der Waals surface area contributed by atoms with E-state index in [0.29, 0.717) is 12.3 Å². The molecule has 1 amide bonds. The van der Waals surface area contributed by atoms with Gasteiger partial charge < -0.3 is 14.3 Å². The third kappa shape index (κ3) is 3.48. The summed E-state index contributed by atoms with van der Waals surface area (Å²) >= 11 is 0. The van der Waals surface area contributed by atoms with Crippen LogP contribution >= 0.6 is 0 Å². The Morgan fingerprint density at radius 1 is 1.30 bits per heavy atom. The zero-order chi connectivity index (χ0) is 16.2. The van der Waals surface area contributed by atoms with Gasteiger partial charge in [-0.15, -0.1) is 0 Å². The van der Waals surface area contributed by atoms with Crippen LogP contribution in [0, 0.1) is 13.8 Å². The van der Waals surface area contributed by atoms with Gasteiger partial charge in [-0.1, -0.05) is 5.16 Å². The fraction of sp³-hybridized carbons (Fsp3) is 0.235. The van der Waals surface area contributed by atoms with Gasteiger partial charge in [-0.25, -0.2) is 0 Å². The van der Waals surface area contributed by atoms with Gasteiger partial charge >= 0.3 is 0 Å². The molecule has 0 spiro atoms. The number of carbonyl (C=O) groups excluding carboxylic acids is 1. The van der Waals surface area contributed by atoms with E-state index in [1.54, 1.807) is 25.6 Å². The lowest BCUT2D eigenvalue weighted by atomic mass is 10.1. The SMILES string of the molecule is Cc1noc(C)c1CC(=O)NCc1cncc(-c2ccco2)c1. The minimum Gasteiger partial charge on any atom is -0.464 e. The second kappa shape index (κ2) is 6.48. The number of hydrogen-bond donors (Lipinski definition) is 1. The van der Waals surface area contributed by atoms with Crippen LogP contribution < -0.4 is 5.32 Å². The molecule has 3 aromatic rings. The summed E-state index contributed by atoms with van der Waals surface area (Å²) in [6, 6.07) is 5.65. The highest BCUT2D eigenvalue weighted by Gasteiger charge is 2.13. The van der Waals surface area contributed by atoms with Gasteiger partial charge in [-0.2, -0.15) is 0 Å². The third-order valence-electron chi connectivity index (χ3n) is 3.61. The van der Waals surface area contributed by atoms with Gasteiger partial charge in [0.2, 0.25) is 5.91 Å². The molecule has 23 heavy (non-hydrogen) atoms. The number of pyridine rings is 1. The van der Waals surface area contributed by atoms with Gasteiger partial charge in [0.1, 0.15) is 11.5 Å². The summed E-state index contributed by atoms with van der Waals surface area (Å²) in [6.45, 7) is 4.04. The summed E-state index contributed by atoms with van der Waals surface area (Å²) in [5.41, 5.74) is 3.38. The van der Waals surface area contributed by atoms with Gasteiger partial charge in [0.05, 0.1) is 18.4 Å². The molecule has 0 saturated carbocycles. The summed E-state index contributed by atoms with van der Waals surface area (Å²) in [4.78, 5) is 16.3. The number of furan rings is 1. The van der Waals surface area contributed by atoms with Crippen molar-refractivity contribution in [2.75, 3.05) is 0 Å². The maximum atomic E-state index is 12.1. The Morgan fingerprint density at radius 2 is 2.17 bits per heavy atom. The third-order valence-corrected chi connectivity index (χ3v) is 3.61. The van der Waals surface area contributed by atoms with E-state index in [1.807, 2.05) is 25.1 Å².